The predicted octanol–water partition coefficient (Wildman–Crippen LogP) is 2.70. The second-order valence-corrected chi connectivity index (χ2v) is 8.99. The molecule has 0 radical (unpaired) electrons. The van der Waals surface area contributed by atoms with Crippen molar-refractivity contribution < 1.29 is 28.6 Å². The second-order valence-electron chi connectivity index (χ2n) is 8.99. The van der Waals surface area contributed by atoms with Crippen molar-refractivity contribution in [2.75, 3.05) is 40.5 Å². The molecule has 192 valence electrons. The minimum absolute atomic E-state index is 0.0873. The average molecular weight is 496 g/mol. The summed E-state index contributed by atoms with van der Waals surface area (Å²) in [6.45, 7) is 3.42. The summed E-state index contributed by atoms with van der Waals surface area (Å²) < 4.78 is 16.6. The third-order valence-electron chi connectivity index (χ3n) is 6.84. The Bertz CT molecular complexity index is 1080. The van der Waals surface area contributed by atoms with Crippen LogP contribution in [-0.4, -0.2) is 79.7 Å². The van der Waals surface area contributed by atoms with Crippen LogP contribution < -0.4 is 14.8 Å². The van der Waals surface area contributed by atoms with Crippen molar-refractivity contribution in [1.29, 1.82) is 0 Å². The zero-order chi connectivity index (χ0) is 25.7. The second kappa shape index (κ2) is 11.0. The molecular formula is C27H33N3O6. The van der Waals surface area contributed by atoms with E-state index in [-0.39, 0.29) is 24.3 Å². The van der Waals surface area contributed by atoms with Gasteiger partial charge < -0.3 is 24.4 Å². The van der Waals surface area contributed by atoms with E-state index in [2.05, 4.69) is 5.32 Å². The fraction of sp³-hybridized carbons (Fsp3) is 0.444. The third kappa shape index (κ3) is 5.02. The van der Waals surface area contributed by atoms with E-state index in [4.69, 9.17) is 14.2 Å². The standard InChI is InChI=1S/C27H33N3O6/c1-4-15-28-24(31)23-18-36-27(30(23)26(33)20-7-11-22(35-3)12-8-20)13-16-29(17-14-27)25(32)19-5-9-21(34-2)10-6-19/h5-12,23H,4,13-18H2,1-3H3,(H,28,31)/t23-/m1/s1. The number of methoxy groups -OCH3 is 2. The largest absolute Gasteiger partial charge is 0.497 e. The first-order valence-electron chi connectivity index (χ1n) is 12.2. The Morgan fingerprint density at radius 1 is 0.917 bits per heavy atom. The van der Waals surface area contributed by atoms with Crippen molar-refractivity contribution in [2.45, 2.75) is 38.0 Å². The van der Waals surface area contributed by atoms with Crippen LogP contribution in [0, 0.1) is 0 Å². The number of carbonyl (C=O) groups is 3. The van der Waals surface area contributed by atoms with Crippen molar-refractivity contribution >= 4 is 17.7 Å². The molecule has 2 aromatic rings. The van der Waals surface area contributed by atoms with Crippen LogP contribution in [0.5, 0.6) is 11.5 Å². The first kappa shape index (κ1) is 25.5. The highest BCUT2D eigenvalue weighted by molar-refractivity contribution is 5.99. The van der Waals surface area contributed by atoms with E-state index in [1.807, 2.05) is 6.92 Å². The van der Waals surface area contributed by atoms with Crippen molar-refractivity contribution in [3.63, 3.8) is 0 Å². The number of likely N-dealkylation sites (tertiary alicyclic amines) is 1. The maximum absolute atomic E-state index is 13.7. The molecule has 9 nitrogen and oxygen atoms in total. The summed E-state index contributed by atoms with van der Waals surface area (Å²) in [6.07, 6.45) is 1.61. The maximum atomic E-state index is 13.7. The molecule has 1 atom stereocenters. The van der Waals surface area contributed by atoms with Crippen molar-refractivity contribution in [3.05, 3.63) is 59.7 Å². The number of nitrogens with one attached hydrogen (secondary N) is 1. The van der Waals surface area contributed by atoms with Crippen molar-refractivity contribution in [2.24, 2.45) is 0 Å². The number of hydrogen-bond acceptors (Lipinski definition) is 6. The van der Waals surface area contributed by atoms with Crippen molar-refractivity contribution in [1.82, 2.24) is 15.1 Å². The van der Waals surface area contributed by atoms with Crippen molar-refractivity contribution in [3.8, 4) is 11.5 Å². The minimum Gasteiger partial charge on any atom is -0.497 e. The monoisotopic (exact) mass is 495 g/mol. The van der Waals surface area contributed by atoms with Gasteiger partial charge in [-0.25, -0.2) is 0 Å². The number of benzene rings is 2. The van der Waals surface area contributed by atoms with Gasteiger partial charge in [0.1, 0.15) is 23.3 Å². The molecule has 2 aliphatic rings. The summed E-state index contributed by atoms with van der Waals surface area (Å²) in [6, 6.07) is 13.1. The van der Waals surface area contributed by atoms with Crippen LogP contribution in [0.1, 0.15) is 46.9 Å². The zero-order valence-corrected chi connectivity index (χ0v) is 21.0. The normalized spacial score (nSPS) is 18.7. The number of nitrogens with zero attached hydrogens (tertiary/aromatic N) is 2. The molecule has 0 aliphatic carbocycles. The Hall–Kier alpha value is -3.59. The van der Waals surface area contributed by atoms with E-state index in [9.17, 15) is 14.4 Å². The summed E-state index contributed by atoms with van der Waals surface area (Å²) in [7, 11) is 3.15. The van der Waals surface area contributed by atoms with Gasteiger partial charge in [0.15, 0.2) is 0 Å². The molecule has 0 bridgehead atoms. The topological polar surface area (TPSA) is 97.4 Å². The fourth-order valence-corrected chi connectivity index (χ4v) is 4.78. The lowest BCUT2D eigenvalue weighted by molar-refractivity contribution is -0.128. The Morgan fingerprint density at radius 2 is 1.44 bits per heavy atom. The molecule has 1 spiro atoms. The van der Waals surface area contributed by atoms with E-state index < -0.39 is 11.8 Å². The Balaban J connectivity index is 1.54. The average Bonchev–Trinajstić information content (AvgIpc) is 3.29. The molecule has 2 aliphatic heterocycles. The van der Waals surface area contributed by atoms with E-state index >= 15 is 0 Å². The van der Waals surface area contributed by atoms with Crippen LogP contribution >= 0.6 is 0 Å². The van der Waals surface area contributed by atoms with E-state index in [1.54, 1.807) is 72.6 Å². The lowest BCUT2D eigenvalue weighted by atomic mass is 9.96. The predicted molar refractivity (Wildman–Crippen MR) is 133 cm³/mol. The van der Waals surface area contributed by atoms with E-state index in [1.165, 1.54) is 0 Å². The highest BCUT2D eigenvalue weighted by Crippen LogP contribution is 2.39. The lowest BCUT2D eigenvalue weighted by Gasteiger charge is -2.44. The fourth-order valence-electron chi connectivity index (χ4n) is 4.78. The van der Waals surface area contributed by atoms with Crippen LogP contribution in [0.3, 0.4) is 0 Å². The highest BCUT2D eigenvalue weighted by Gasteiger charge is 2.54. The molecule has 2 heterocycles. The van der Waals surface area contributed by atoms with Crippen LogP contribution in [-0.2, 0) is 9.53 Å². The van der Waals surface area contributed by atoms with Gasteiger partial charge in [0, 0.05) is 43.6 Å². The first-order chi connectivity index (χ1) is 17.4. The number of piperidine rings is 1. The zero-order valence-electron chi connectivity index (χ0n) is 21.0. The van der Waals surface area contributed by atoms with Gasteiger partial charge in [0.05, 0.1) is 20.8 Å². The summed E-state index contributed by atoms with van der Waals surface area (Å²) in [5.74, 6) is 0.731. The lowest BCUT2D eigenvalue weighted by Crippen LogP contribution is -2.59. The number of rotatable bonds is 7. The molecule has 3 amide bonds. The number of hydrogen-bond donors (Lipinski definition) is 1. The van der Waals surface area contributed by atoms with Gasteiger partial charge in [0.25, 0.3) is 11.8 Å². The van der Waals surface area contributed by atoms with Gasteiger partial charge in [-0.3, -0.25) is 19.3 Å². The van der Waals surface area contributed by atoms with Gasteiger partial charge in [-0.2, -0.15) is 0 Å². The molecule has 36 heavy (non-hydrogen) atoms. The van der Waals surface area contributed by atoms with Crippen LogP contribution in [0.4, 0.5) is 0 Å². The molecule has 4 rings (SSSR count). The molecule has 0 saturated carbocycles. The van der Waals surface area contributed by atoms with Crippen LogP contribution in [0.25, 0.3) is 0 Å². The number of carbonyl (C=O) groups excluding carboxylic acids is 3. The van der Waals surface area contributed by atoms with Gasteiger partial charge in [0.2, 0.25) is 5.91 Å². The van der Waals surface area contributed by atoms with E-state index in [0.29, 0.717) is 55.1 Å². The Labute approximate surface area is 211 Å². The van der Waals surface area contributed by atoms with Gasteiger partial charge in [-0.1, -0.05) is 6.92 Å². The smallest absolute Gasteiger partial charge is 0.256 e. The summed E-state index contributed by atoms with van der Waals surface area (Å²) >= 11 is 0. The quantitative estimate of drug-likeness (QED) is 0.635. The summed E-state index contributed by atoms with van der Waals surface area (Å²) in [4.78, 5) is 43.2. The maximum Gasteiger partial charge on any atom is 0.256 e. The third-order valence-corrected chi connectivity index (χ3v) is 6.84. The summed E-state index contributed by atoms with van der Waals surface area (Å²) in [5, 5.41) is 2.90. The molecule has 2 fully saturated rings. The molecular weight excluding hydrogens is 462 g/mol. The number of ether oxygens (including phenoxy) is 3. The van der Waals surface area contributed by atoms with Crippen LogP contribution in [0.2, 0.25) is 0 Å². The molecule has 1 N–H and O–H groups in total. The summed E-state index contributed by atoms with van der Waals surface area (Å²) in [5.41, 5.74) is 0.0647. The van der Waals surface area contributed by atoms with Gasteiger partial charge >= 0.3 is 0 Å². The first-order valence-corrected chi connectivity index (χ1v) is 12.2. The minimum atomic E-state index is -0.956. The molecule has 9 heteroatoms. The molecule has 0 unspecified atom stereocenters. The van der Waals surface area contributed by atoms with Gasteiger partial charge in [-0.05, 0) is 55.0 Å². The Kier molecular flexibility index (Phi) is 7.79. The molecule has 2 saturated heterocycles. The highest BCUT2D eigenvalue weighted by atomic mass is 16.5. The molecule has 2 aromatic carbocycles. The number of amides is 3. The SMILES string of the molecule is CCCNC(=O)[C@H]1COC2(CCN(C(=O)c3ccc(OC)cc3)CC2)N1C(=O)c1ccc(OC)cc1. The van der Waals surface area contributed by atoms with Gasteiger partial charge in [-0.15, -0.1) is 0 Å². The van der Waals surface area contributed by atoms with E-state index in [0.717, 1.165) is 6.42 Å². The van der Waals surface area contributed by atoms with Crippen LogP contribution in [0.15, 0.2) is 48.5 Å². The molecule has 0 aromatic heterocycles. The Morgan fingerprint density at radius 3 is 1.94 bits per heavy atom.